The number of rotatable bonds is 2. The van der Waals surface area contributed by atoms with Crippen LogP contribution in [0.25, 0.3) is 22.5 Å². The van der Waals surface area contributed by atoms with E-state index in [0.29, 0.717) is 0 Å². The van der Waals surface area contributed by atoms with Crippen molar-refractivity contribution >= 4 is 0 Å². The van der Waals surface area contributed by atoms with Gasteiger partial charge in [0, 0.05) is 17.2 Å². The molecule has 0 amide bonds. The third-order valence-corrected chi connectivity index (χ3v) is 2.79. The average molecular weight is 301 g/mol. The van der Waals surface area contributed by atoms with Gasteiger partial charge in [-0.2, -0.15) is 5.10 Å². The molecule has 3 aromatic rings. The van der Waals surface area contributed by atoms with E-state index in [2.05, 4.69) is 40.5 Å². The molecule has 2 aromatic carbocycles. The van der Waals surface area contributed by atoms with Crippen molar-refractivity contribution in [1.82, 2.24) is 5.10 Å². The molecule has 3 rings (SSSR count). The Morgan fingerprint density at radius 3 is 1.82 bits per heavy atom. The molecule has 7 heteroatoms. The largest absolute Gasteiger partial charge is 0.412 e. The summed E-state index contributed by atoms with van der Waals surface area (Å²) in [5, 5.41) is 21.1. The lowest BCUT2D eigenvalue weighted by Crippen LogP contribution is -2.04. The first-order valence-corrected chi connectivity index (χ1v) is 6.20. The van der Waals surface area contributed by atoms with E-state index >= 15 is 0 Å². The number of aromatic nitrogens is 2. The molecule has 0 spiro atoms. The van der Waals surface area contributed by atoms with Crippen LogP contribution in [0, 0.1) is 15.3 Å². The number of hydrogen-bond acceptors (Lipinski definition) is 3. The standard InChI is InChI=1S/C15H12N2.NO3.H2O/c1-3-7-12(8-4-1)14-11-15(17-16-14)13-9-5-2-6-10-13;2-1(3)4;/h1-11H,(H,16,17);;1H2/q;-1;/p+1. The zero-order valence-corrected chi connectivity index (χ0v) is 11.5. The van der Waals surface area contributed by atoms with Gasteiger partial charge in [0.05, 0.1) is 5.09 Å². The van der Waals surface area contributed by atoms with Crippen LogP contribution in [0.1, 0.15) is 0 Å². The number of aromatic amines is 2. The minimum absolute atomic E-state index is 0. The van der Waals surface area contributed by atoms with Crippen LogP contribution < -0.4 is 5.10 Å². The van der Waals surface area contributed by atoms with E-state index in [1.54, 1.807) is 0 Å². The van der Waals surface area contributed by atoms with Crippen LogP contribution in [-0.2, 0) is 0 Å². The molecule has 22 heavy (non-hydrogen) atoms. The Bertz CT molecular complexity index is 641. The number of H-pyrrole nitrogens is 2. The third-order valence-electron chi connectivity index (χ3n) is 2.79. The van der Waals surface area contributed by atoms with E-state index in [-0.39, 0.29) is 5.48 Å². The lowest BCUT2D eigenvalue weighted by Gasteiger charge is -1.91. The van der Waals surface area contributed by atoms with Gasteiger partial charge in [0.2, 0.25) is 5.69 Å². The lowest BCUT2D eigenvalue weighted by molar-refractivity contribution is -0.436. The molecule has 0 aliphatic carbocycles. The zero-order valence-electron chi connectivity index (χ0n) is 11.5. The Morgan fingerprint density at radius 1 is 0.864 bits per heavy atom. The van der Waals surface area contributed by atoms with E-state index in [0.717, 1.165) is 11.4 Å². The van der Waals surface area contributed by atoms with Crippen LogP contribution in [0.2, 0.25) is 0 Å². The van der Waals surface area contributed by atoms with Gasteiger partial charge < -0.3 is 20.8 Å². The topological polar surface area (TPSA) is 128 Å². The number of nitrogens with zero attached hydrogens (tertiary/aromatic N) is 1. The first kappa shape index (κ1) is 16.9. The molecule has 0 saturated carbocycles. The molecule has 0 unspecified atom stereocenters. The molecule has 1 aromatic heterocycles. The highest BCUT2D eigenvalue weighted by atomic mass is 16.9. The van der Waals surface area contributed by atoms with Crippen molar-refractivity contribution < 1.29 is 15.7 Å². The molecule has 1 heterocycles. The van der Waals surface area contributed by atoms with Crippen LogP contribution >= 0.6 is 0 Å². The van der Waals surface area contributed by atoms with Crippen LogP contribution in [0.5, 0.6) is 0 Å². The average Bonchev–Trinajstić information content (AvgIpc) is 2.98. The van der Waals surface area contributed by atoms with Crippen molar-refractivity contribution in [2.45, 2.75) is 0 Å². The van der Waals surface area contributed by atoms with Gasteiger partial charge in [-0.15, -0.1) is 5.10 Å². The molecule has 0 atom stereocenters. The minimum Gasteiger partial charge on any atom is -0.412 e. The predicted octanol–water partition coefficient (Wildman–Crippen LogP) is 2.10. The van der Waals surface area contributed by atoms with Crippen molar-refractivity contribution in [1.29, 1.82) is 0 Å². The Balaban J connectivity index is 0.000000436. The Hall–Kier alpha value is -3.19. The second-order valence-corrected chi connectivity index (χ2v) is 4.18. The molecular formula is C15H15N3O4. The summed E-state index contributed by atoms with van der Waals surface area (Å²) < 4.78 is 0. The van der Waals surface area contributed by atoms with E-state index < -0.39 is 5.09 Å². The summed E-state index contributed by atoms with van der Waals surface area (Å²) in [6.45, 7) is 0. The Kier molecular flexibility index (Phi) is 6.27. The van der Waals surface area contributed by atoms with Gasteiger partial charge in [-0.1, -0.05) is 48.5 Å². The van der Waals surface area contributed by atoms with Gasteiger partial charge in [0.15, 0.2) is 0 Å². The fraction of sp³-hybridized carbons (Fsp3) is 0. The molecular weight excluding hydrogens is 286 g/mol. The molecule has 0 saturated heterocycles. The highest BCUT2D eigenvalue weighted by Crippen LogP contribution is 2.20. The second-order valence-electron chi connectivity index (χ2n) is 4.18. The van der Waals surface area contributed by atoms with Crippen LogP contribution in [0.3, 0.4) is 0 Å². The van der Waals surface area contributed by atoms with Crippen molar-refractivity contribution in [2.24, 2.45) is 0 Å². The van der Waals surface area contributed by atoms with Gasteiger partial charge in [-0.05, 0) is 12.1 Å². The molecule has 7 nitrogen and oxygen atoms in total. The highest BCUT2D eigenvalue weighted by Gasteiger charge is 2.10. The first-order chi connectivity index (χ1) is 10.2. The third kappa shape index (κ3) is 4.73. The molecule has 4 N–H and O–H groups in total. The molecule has 114 valence electrons. The first-order valence-electron chi connectivity index (χ1n) is 6.20. The fourth-order valence-electron chi connectivity index (χ4n) is 1.90. The normalized spacial score (nSPS) is 9.09. The summed E-state index contributed by atoms with van der Waals surface area (Å²) in [4.78, 5) is 8.25. The maximum atomic E-state index is 8.25. The van der Waals surface area contributed by atoms with E-state index in [1.807, 2.05) is 36.4 Å². The highest BCUT2D eigenvalue weighted by molar-refractivity contribution is 5.65. The Morgan fingerprint density at radius 2 is 1.32 bits per heavy atom. The minimum atomic E-state index is -1.75. The van der Waals surface area contributed by atoms with Crippen molar-refractivity contribution in [3.8, 4) is 22.5 Å². The van der Waals surface area contributed by atoms with Gasteiger partial charge >= 0.3 is 0 Å². The summed E-state index contributed by atoms with van der Waals surface area (Å²) in [5.41, 5.74) is 4.57. The number of nitrogens with one attached hydrogen (secondary N) is 2. The molecule has 0 fully saturated rings. The molecule has 0 bridgehead atoms. The van der Waals surface area contributed by atoms with E-state index in [1.165, 1.54) is 11.1 Å². The summed E-state index contributed by atoms with van der Waals surface area (Å²) in [5.74, 6) is 0. The van der Waals surface area contributed by atoms with Gasteiger partial charge in [-0.25, -0.2) is 0 Å². The van der Waals surface area contributed by atoms with E-state index in [4.69, 9.17) is 15.3 Å². The second kappa shape index (κ2) is 8.18. The quantitative estimate of drug-likeness (QED) is 0.574. The maximum Gasteiger partial charge on any atom is 0.236 e. The summed E-state index contributed by atoms with van der Waals surface area (Å²) in [6.07, 6.45) is 0. The predicted molar refractivity (Wildman–Crippen MR) is 82.2 cm³/mol. The lowest BCUT2D eigenvalue weighted by atomic mass is 10.1. The van der Waals surface area contributed by atoms with Crippen LogP contribution in [0.4, 0.5) is 0 Å². The van der Waals surface area contributed by atoms with E-state index in [9.17, 15) is 0 Å². The van der Waals surface area contributed by atoms with Gasteiger partial charge in [-0.3, -0.25) is 0 Å². The number of benzene rings is 2. The summed E-state index contributed by atoms with van der Waals surface area (Å²) >= 11 is 0. The molecule has 0 aliphatic heterocycles. The van der Waals surface area contributed by atoms with Gasteiger partial charge in [0.1, 0.15) is 5.69 Å². The van der Waals surface area contributed by atoms with Crippen LogP contribution in [0.15, 0.2) is 66.7 Å². The smallest absolute Gasteiger partial charge is 0.236 e. The van der Waals surface area contributed by atoms with Gasteiger partial charge in [0.25, 0.3) is 0 Å². The number of hydrogen-bond donors (Lipinski definition) is 1. The van der Waals surface area contributed by atoms with Crippen molar-refractivity contribution in [3.63, 3.8) is 0 Å². The van der Waals surface area contributed by atoms with Crippen molar-refractivity contribution in [2.75, 3.05) is 0 Å². The maximum absolute atomic E-state index is 8.25. The summed E-state index contributed by atoms with van der Waals surface area (Å²) in [7, 11) is 0. The molecule has 0 radical (unpaired) electrons. The van der Waals surface area contributed by atoms with Crippen molar-refractivity contribution in [3.05, 3.63) is 82.1 Å². The SMILES string of the molecule is O.O=[N+]([O-])[O-].c1ccc(-c2cc(-c3ccccc3)[nH+][nH]2)cc1. The van der Waals surface area contributed by atoms with Crippen LogP contribution in [-0.4, -0.2) is 15.7 Å². The fourth-order valence-corrected chi connectivity index (χ4v) is 1.90. The monoisotopic (exact) mass is 301 g/mol. The molecule has 0 aliphatic rings. The zero-order chi connectivity index (χ0) is 15.1. The summed E-state index contributed by atoms with van der Waals surface area (Å²) in [6, 6.07) is 22.7. The Labute approximate surface area is 126 Å².